The van der Waals surface area contributed by atoms with Gasteiger partial charge < -0.3 is 14.6 Å². The highest BCUT2D eigenvalue weighted by Gasteiger charge is 2.44. The minimum Gasteiger partial charge on any atom is -0.487 e. The van der Waals surface area contributed by atoms with Gasteiger partial charge >= 0.3 is 5.97 Å². The van der Waals surface area contributed by atoms with Crippen LogP contribution in [0, 0.1) is 5.92 Å². The van der Waals surface area contributed by atoms with Crippen molar-refractivity contribution in [1.29, 1.82) is 0 Å². The summed E-state index contributed by atoms with van der Waals surface area (Å²) < 4.78 is 11.1. The number of rotatable bonds is 8. The van der Waals surface area contributed by atoms with Crippen LogP contribution in [0.25, 0.3) is 0 Å². The zero-order chi connectivity index (χ0) is 19.6. The van der Waals surface area contributed by atoms with Crippen molar-refractivity contribution >= 4 is 29.3 Å². The van der Waals surface area contributed by atoms with Crippen LogP contribution in [0.5, 0.6) is 11.6 Å². The molecule has 1 aromatic heterocycles. The molecule has 7 heteroatoms. The Bertz CT molecular complexity index is 843. The maximum atomic E-state index is 11.0. The highest BCUT2D eigenvalue weighted by atomic mass is 35.5. The molecule has 2 unspecified atom stereocenters. The molecule has 1 aromatic carbocycles. The number of aromatic nitrogens is 1. The van der Waals surface area contributed by atoms with Gasteiger partial charge in [0.05, 0.1) is 18.1 Å². The second kappa shape index (κ2) is 8.40. The zero-order valence-electron chi connectivity index (χ0n) is 15.4. The van der Waals surface area contributed by atoms with Crippen LogP contribution in [0.1, 0.15) is 37.3 Å². The SMILES string of the molecule is COc1ccc(COc2ccc(C3CC3C(=O)O)cc2Cl)c(SC(C)C)n1. The molecule has 0 amide bonds. The summed E-state index contributed by atoms with van der Waals surface area (Å²) in [6.07, 6.45) is 0.666. The van der Waals surface area contributed by atoms with E-state index in [1.165, 1.54) is 0 Å². The largest absolute Gasteiger partial charge is 0.487 e. The predicted octanol–water partition coefficient (Wildman–Crippen LogP) is 5.01. The van der Waals surface area contributed by atoms with E-state index in [9.17, 15) is 4.79 Å². The summed E-state index contributed by atoms with van der Waals surface area (Å²) in [4.78, 5) is 15.5. The number of carboxylic acids is 1. The first-order valence-electron chi connectivity index (χ1n) is 8.74. The molecule has 0 saturated heterocycles. The highest BCUT2D eigenvalue weighted by Crippen LogP contribution is 2.48. The lowest BCUT2D eigenvalue weighted by Gasteiger charge is -2.14. The summed E-state index contributed by atoms with van der Waals surface area (Å²) in [7, 11) is 1.60. The topological polar surface area (TPSA) is 68.7 Å². The standard InChI is InChI=1S/C20H22ClNO4S/c1-11(2)27-19-13(5-7-18(22-19)25-3)10-26-17-6-4-12(8-16(17)21)14-9-15(14)20(23)24/h4-8,11,14-15H,9-10H2,1-3H3,(H,23,24). The van der Waals surface area contributed by atoms with E-state index in [-0.39, 0.29) is 11.8 Å². The lowest BCUT2D eigenvalue weighted by atomic mass is 10.1. The number of carbonyl (C=O) groups is 1. The Morgan fingerprint density at radius 2 is 2.15 bits per heavy atom. The Kier molecular flexibility index (Phi) is 6.17. The fourth-order valence-corrected chi connectivity index (χ4v) is 3.97. The molecule has 144 valence electrons. The minimum atomic E-state index is -0.751. The molecule has 2 aromatic rings. The first kappa shape index (κ1) is 19.8. The number of hydrogen-bond acceptors (Lipinski definition) is 5. The average Bonchev–Trinajstić information content (AvgIpc) is 3.42. The molecule has 1 N–H and O–H groups in total. The van der Waals surface area contributed by atoms with E-state index in [0.29, 0.717) is 34.9 Å². The summed E-state index contributed by atoms with van der Waals surface area (Å²) in [5.74, 6) is 0.146. The summed E-state index contributed by atoms with van der Waals surface area (Å²) in [6.45, 7) is 4.55. The average molecular weight is 408 g/mol. The first-order valence-corrected chi connectivity index (χ1v) is 10.0. The highest BCUT2D eigenvalue weighted by molar-refractivity contribution is 7.99. The molecule has 1 aliphatic carbocycles. The number of aliphatic carboxylic acids is 1. The maximum absolute atomic E-state index is 11.0. The van der Waals surface area contributed by atoms with Gasteiger partial charge in [-0.25, -0.2) is 4.98 Å². The first-order chi connectivity index (χ1) is 12.9. The van der Waals surface area contributed by atoms with Crippen molar-refractivity contribution in [1.82, 2.24) is 4.98 Å². The third-order valence-corrected chi connectivity index (χ3v) is 5.69. The van der Waals surface area contributed by atoms with E-state index in [4.69, 9.17) is 26.2 Å². The second-order valence-electron chi connectivity index (χ2n) is 6.75. The second-order valence-corrected chi connectivity index (χ2v) is 8.72. The van der Waals surface area contributed by atoms with E-state index in [2.05, 4.69) is 18.8 Å². The zero-order valence-corrected chi connectivity index (χ0v) is 17.0. The quantitative estimate of drug-likeness (QED) is 0.620. The molecule has 0 aliphatic heterocycles. The number of thioether (sulfide) groups is 1. The normalized spacial score (nSPS) is 18.4. The van der Waals surface area contributed by atoms with Gasteiger partial charge in [0.25, 0.3) is 0 Å². The summed E-state index contributed by atoms with van der Waals surface area (Å²) in [5, 5.41) is 10.8. The van der Waals surface area contributed by atoms with Crippen molar-refractivity contribution in [3.05, 3.63) is 46.5 Å². The molecule has 0 spiro atoms. The molecular weight excluding hydrogens is 386 g/mol. The summed E-state index contributed by atoms with van der Waals surface area (Å²) in [5.41, 5.74) is 1.91. The van der Waals surface area contributed by atoms with Gasteiger partial charge in [-0.3, -0.25) is 4.79 Å². The van der Waals surface area contributed by atoms with Crippen molar-refractivity contribution in [3.63, 3.8) is 0 Å². The molecule has 3 rings (SSSR count). The molecule has 0 radical (unpaired) electrons. The third-order valence-electron chi connectivity index (χ3n) is 4.34. The van der Waals surface area contributed by atoms with Gasteiger partial charge in [-0.2, -0.15) is 0 Å². The Labute approximate surface area is 168 Å². The Morgan fingerprint density at radius 3 is 2.74 bits per heavy atom. The van der Waals surface area contributed by atoms with Gasteiger partial charge in [0.2, 0.25) is 5.88 Å². The Morgan fingerprint density at radius 1 is 1.37 bits per heavy atom. The lowest BCUT2D eigenvalue weighted by Crippen LogP contribution is -2.03. The monoisotopic (exact) mass is 407 g/mol. The van der Waals surface area contributed by atoms with Crippen molar-refractivity contribution in [2.24, 2.45) is 5.92 Å². The van der Waals surface area contributed by atoms with Crippen LogP contribution in [0.2, 0.25) is 5.02 Å². The van der Waals surface area contributed by atoms with Crippen LogP contribution in [0.15, 0.2) is 35.4 Å². The molecule has 1 aliphatic rings. The Hall–Kier alpha value is -1.92. The van der Waals surface area contributed by atoms with Crippen LogP contribution < -0.4 is 9.47 Å². The number of benzene rings is 1. The van der Waals surface area contributed by atoms with E-state index >= 15 is 0 Å². The molecule has 1 saturated carbocycles. The number of carboxylic acid groups (broad SMARTS) is 1. The minimum absolute atomic E-state index is 0.0499. The summed E-state index contributed by atoms with van der Waals surface area (Å²) in [6, 6.07) is 9.26. The molecule has 0 bridgehead atoms. The van der Waals surface area contributed by atoms with Crippen molar-refractivity contribution < 1.29 is 19.4 Å². The van der Waals surface area contributed by atoms with Gasteiger partial charge in [0, 0.05) is 16.9 Å². The van der Waals surface area contributed by atoms with Gasteiger partial charge in [-0.15, -0.1) is 11.8 Å². The van der Waals surface area contributed by atoms with Crippen LogP contribution in [0.4, 0.5) is 0 Å². The van der Waals surface area contributed by atoms with Gasteiger partial charge in [-0.1, -0.05) is 31.5 Å². The molecule has 5 nitrogen and oxygen atoms in total. The molecular formula is C20H22ClNO4S. The maximum Gasteiger partial charge on any atom is 0.307 e. The lowest BCUT2D eigenvalue weighted by molar-refractivity contribution is -0.138. The smallest absolute Gasteiger partial charge is 0.307 e. The number of hydrogen-bond donors (Lipinski definition) is 1. The Balaban J connectivity index is 1.70. The number of pyridine rings is 1. The number of nitrogens with zero attached hydrogens (tertiary/aromatic N) is 1. The van der Waals surface area contributed by atoms with Gasteiger partial charge in [0.15, 0.2) is 0 Å². The number of halogens is 1. The van der Waals surface area contributed by atoms with Gasteiger partial charge in [0.1, 0.15) is 17.4 Å². The number of ether oxygens (including phenoxy) is 2. The van der Waals surface area contributed by atoms with Crippen molar-refractivity contribution in [2.75, 3.05) is 7.11 Å². The number of methoxy groups -OCH3 is 1. The van der Waals surface area contributed by atoms with Crippen LogP contribution in [-0.4, -0.2) is 28.4 Å². The molecule has 1 fully saturated rings. The molecule has 27 heavy (non-hydrogen) atoms. The molecule has 2 atom stereocenters. The van der Waals surface area contributed by atoms with E-state index < -0.39 is 5.97 Å². The van der Waals surface area contributed by atoms with Crippen LogP contribution >= 0.6 is 23.4 Å². The fourth-order valence-electron chi connectivity index (χ4n) is 2.86. The third kappa shape index (κ3) is 4.87. The van der Waals surface area contributed by atoms with Crippen LogP contribution in [0.3, 0.4) is 0 Å². The van der Waals surface area contributed by atoms with Gasteiger partial charge in [-0.05, 0) is 36.1 Å². The van der Waals surface area contributed by atoms with E-state index in [0.717, 1.165) is 16.2 Å². The van der Waals surface area contributed by atoms with Crippen molar-refractivity contribution in [3.8, 4) is 11.6 Å². The van der Waals surface area contributed by atoms with Crippen LogP contribution in [-0.2, 0) is 11.4 Å². The van der Waals surface area contributed by atoms with E-state index in [1.54, 1.807) is 31.0 Å². The van der Waals surface area contributed by atoms with Crippen molar-refractivity contribution in [2.45, 2.75) is 43.1 Å². The van der Waals surface area contributed by atoms with E-state index in [1.807, 2.05) is 18.2 Å². The molecule has 1 heterocycles. The fraction of sp³-hybridized carbons (Fsp3) is 0.400. The summed E-state index contributed by atoms with van der Waals surface area (Å²) >= 11 is 8.01. The predicted molar refractivity (Wildman–Crippen MR) is 106 cm³/mol.